The first-order valence-electron chi connectivity index (χ1n) is 8.50. The number of aryl methyl sites for hydroxylation is 2. The Morgan fingerprint density at radius 2 is 1.69 bits per heavy atom. The Morgan fingerprint density at radius 1 is 1.00 bits per heavy atom. The van der Waals surface area contributed by atoms with Crippen LogP contribution in [-0.2, 0) is 6.54 Å². The molecule has 3 aromatic rings. The Bertz CT molecular complexity index is 892. The van der Waals surface area contributed by atoms with Crippen molar-refractivity contribution < 1.29 is 4.79 Å². The van der Waals surface area contributed by atoms with Crippen molar-refractivity contribution in [2.75, 3.05) is 12.4 Å². The van der Waals surface area contributed by atoms with Crippen LogP contribution in [0.5, 0.6) is 0 Å². The zero-order valence-corrected chi connectivity index (χ0v) is 15.2. The van der Waals surface area contributed by atoms with Gasteiger partial charge in [0.2, 0.25) is 5.95 Å². The second-order valence-electron chi connectivity index (χ2n) is 6.36. The maximum absolute atomic E-state index is 12.8. The summed E-state index contributed by atoms with van der Waals surface area (Å²) in [6.07, 6.45) is 0. The zero-order chi connectivity index (χ0) is 18.5. The third-order valence-electron chi connectivity index (χ3n) is 3.99. The lowest BCUT2D eigenvalue weighted by atomic mass is 10.2. The molecule has 1 N–H and O–H groups in total. The number of hydrogen-bond acceptors (Lipinski definition) is 4. The number of nitrogens with zero attached hydrogens (tertiary/aromatic N) is 3. The van der Waals surface area contributed by atoms with E-state index in [4.69, 9.17) is 0 Å². The molecule has 0 atom stereocenters. The number of hydrogen-bond donors (Lipinski definition) is 1. The Hall–Kier alpha value is -3.21. The van der Waals surface area contributed by atoms with Gasteiger partial charge in [0.05, 0.1) is 0 Å². The van der Waals surface area contributed by atoms with Crippen LogP contribution in [0, 0.1) is 13.8 Å². The minimum Gasteiger partial charge on any atom is -0.336 e. The number of nitrogens with one attached hydrogen (secondary N) is 1. The largest absolute Gasteiger partial charge is 0.336 e. The highest BCUT2D eigenvalue weighted by Crippen LogP contribution is 2.16. The van der Waals surface area contributed by atoms with Crippen molar-refractivity contribution in [1.29, 1.82) is 0 Å². The van der Waals surface area contributed by atoms with Gasteiger partial charge in [-0.05, 0) is 37.6 Å². The lowest BCUT2D eigenvalue weighted by Gasteiger charge is -2.17. The second-order valence-corrected chi connectivity index (χ2v) is 6.36. The second kappa shape index (κ2) is 7.78. The average Bonchev–Trinajstić information content (AvgIpc) is 2.63. The van der Waals surface area contributed by atoms with Crippen LogP contribution >= 0.6 is 0 Å². The summed E-state index contributed by atoms with van der Waals surface area (Å²) in [6, 6.07) is 19.5. The summed E-state index contributed by atoms with van der Waals surface area (Å²) in [5.74, 6) is 0.289. The molecule has 1 amide bonds. The Labute approximate surface area is 153 Å². The van der Waals surface area contributed by atoms with E-state index in [9.17, 15) is 4.79 Å². The van der Waals surface area contributed by atoms with Crippen molar-refractivity contribution in [2.24, 2.45) is 0 Å². The molecular formula is C21H22N4O. The smallest absolute Gasteiger partial charge is 0.272 e. The zero-order valence-electron chi connectivity index (χ0n) is 15.2. The molecule has 1 heterocycles. The molecule has 2 aromatic carbocycles. The van der Waals surface area contributed by atoms with Crippen LogP contribution in [0.25, 0.3) is 0 Å². The van der Waals surface area contributed by atoms with E-state index >= 15 is 0 Å². The molecule has 0 radical (unpaired) electrons. The van der Waals surface area contributed by atoms with E-state index in [1.54, 1.807) is 18.0 Å². The summed E-state index contributed by atoms with van der Waals surface area (Å²) in [4.78, 5) is 23.2. The summed E-state index contributed by atoms with van der Waals surface area (Å²) < 4.78 is 0. The molecule has 0 fully saturated rings. The number of amides is 1. The van der Waals surface area contributed by atoms with E-state index in [-0.39, 0.29) is 5.91 Å². The summed E-state index contributed by atoms with van der Waals surface area (Å²) in [6.45, 7) is 4.42. The number of carbonyl (C=O) groups excluding carboxylic acids is 1. The molecule has 3 rings (SSSR count). The van der Waals surface area contributed by atoms with Crippen molar-refractivity contribution in [2.45, 2.75) is 20.4 Å². The normalized spacial score (nSPS) is 10.4. The van der Waals surface area contributed by atoms with Crippen LogP contribution in [0.1, 0.15) is 27.3 Å². The first-order chi connectivity index (χ1) is 12.5. The lowest BCUT2D eigenvalue weighted by molar-refractivity contribution is 0.0779. The summed E-state index contributed by atoms with van der Waals surface area (Å²) in [5.41, 5.74) is 4.26. The maximum atomic E-state index is 12.8. The van der Waals surface area contributed by atoms with Crippen LogP contribution in [-0.4, -0.2) is 27.8 Å². The van der Waals surface area contributed by atoms with E-state index in [0.29, 0.717) is 18.2 Å². The molecule has 26 heavy (non-hydrogen) atoms. The Balaban J connectivity index is 1.77. The number of rotatable bonds is 5. The minimum absolute atomic E-state index is 0.133. The van der Waals surface area contributed by atoms with Crippen molar-refractivity contribution in [3.8, 4) is 0 Å². The molecule has 0 aliphatic heterocycles. The fraction of sp³-hybridized carbons (Fsp3) is 0.190. The molecule has 0 saturated heterocycles. The van der Waals surface area contributed by atoms with Gasteiger partial charge in [-0.25, -0.2) is 9.97 Å². The van der Waals surface area contributed by atoms with Gasteiger partial charge < -0.3 is 10.2 Å². The number of benzene rings is 2. The topological polar surface area (TPSA) is 58.1 Å². The van der Waals surface area contributed by atoms with Gasteiger partial charge in [0, 0.05) is 25.0 Å². The van der Waals surface area contributed by atoms with Gasteiger partial charge in [-0.3, -0.25) is 4.79 Å². The quantitative estimate of drug-likeness (QED) is 0.755. The summed E-state index contributed by atoms with van der Waals surface area (Å²) >= 11 is 0. The molecule has 5 heteroatoms. The Morgan fingerprint density at radius 3 is 2.38 bits per heavy atom. The minimum atomic E-state index is -0.133. The van der Waals surface area contributed by atoms with Crippen LogP contribution in [0.3, 0.4) is 0 Å². The van der Waals surface area contributed by atoms with Gasteiger partial charge in [0.15, 0.2) is 0 Å². The molecule has 5 nitrogen and oxygen atoms in total. The van der Waals surface area contributed by atoms with E-state index in [0.717, 1.165) is 16.9 Å². The third-order valence-corrected chi connectivity index (χ3v) is 3.99. The number of aromatic nitrogens is 2. The third kappa shape index (κ3) is 4.45. The number of anilines is 2. The van der Waals surface area contributed by atoms with Gasteiger partial charge in [-0.1, -0.05) is 48.0 Å². The van der Waals surface area contributed by atoms with Crippen molar-refractivity contribution in [3.63, 3.8) is 0 Å². The first-order valence-corrected chi connectivity index (χ1v) is 8.50. The number of carbonyl (C=O) groups is 1. The fourth-order valence-electron chi connectivity index (χ4n) is 2.62. The standard InChI is InChI=1S/C21H22N4O/c1-15-9-11-18(12-10-15)23-21-22-16(2)13-19(24-21)20(26)25(3)14-17-7-5-4-6-8-17/h4-13H,14H2,1-3H3,(H,22,23,24). The van der Waals surface area contributed by atoms with Crippen molar-refractivity contribution in [1.82, 2.24) is 14.9 Å². The van der Waals surface area contributed by atoms with Gasteiger partial charge in [0.1, 0.15) is 5.69 Å². The SMILES string of the molecule is Cc1ccc(Nc2nc(C)cc(C(=O)N(C)Cc3ccccc3)n2)cc1. The average molecular weight is 346 g/mol. The molecule has 0 unspecified atom stereocenters. The fourth-order valence-corrected chi connectivity index (χ4v) is 2.62. The van der Waals surface area contributed by atoms with Crippen LogP contribution in [0.15, 0.2) is 60.7 Å². The van der Waals surface area contributed by atoms with Crippen LogP contribution in [0.4, 0.5) is 11.6 Å². The molecule has 0 saturated carbocycles. The lowest BCUT2D eigenvalue weighted by Crippen LogP contribution is -2.27. The predicted molar refractivity (Wildman–Crippen MR) is 103 cm³/mol. The van der Waals surface area contributed by atoms with E-state index in [1.165, 1.54) is 5.56 Å². The van der Waals surface area contributed by atoms with E-state index in [2.05, 4.69) is 15.3 Å². The van der Waals surface area contributed by atoms with E-state index in [1.807, 2.05) is 68.4 Å². The maximum Gasteiger partial charge on any atom is 0.272 e. The van der Waals surface area contributed by atoms with Crippen molar-refractivity contribution >= 4 is 17.5 Å². The molecular weight excluding hydrogens is 324 g/mol. The van der Waals surface area contributed by atoms with Gasteiger partial charge in [-0.15, -0.1) is 0 Å². The summed E-state index contributed by atoms with van der Waals surface area (Å²) in [5, 5.41) is 3.16. The predicted octanol–water partition coefficient (Wildman–Crippen LogP) is 4.11. The molecule has 132 valence electrons. The van der Waals surface area contributed by atoms with E-state index < -0.39 is 0 Å². The highest BCUT2D eigenvalue weighted by Gasteiger charge is 2.15. The van der Waals surface area contributed by atoms with Gasteiger partial charge in [0.25, 0.3) is 5.91 Å². The highest BCUT2D eigenvalue weighted by molar-refractivity contribution is 5.92. The Kier molecular flexibility index (Phi) is 5.27. The van der Waals surface area contributed by atoms with Crippen LogP contribution < -0.4 is 5.32 Å². The molecule has 0 aliphatic carbocycles. The van der Waals surface area contributed by atoms with Crippen LogP contribution in [0.2, 0.25) is 0 Å². The first kappa shape index (κ1) is 17.6. The van der Waals surface area contributed by atoms with Crippen molar-refractivity contribution in [3.05, 3.63) is 83.2 Å². The monoisotopic (exact) mass is 346 g/mol. The highest BCUT2D eigenvalue weighted by atomic mass is 16.2. The summed E-state index contributed by atoms with van der Waals surface area (Å²) in [7, 11) is 1.78. The molecule has 0 aliphatic rings. The molecule has 1 aromatic heterocycles. The van der Waals surface area contributed by atoms with Gasteiger partial charge >= 0.3 is 0 Å². The molecule has 0 spiro atoms. The molecule has 0 bridgehead atoms. The van der Waals surface area contributed by atoms with Gasteiger partial charge in [-0.2, -0.15) is 0 Å².